The molecule has 1 atom stereocenters. The maximum Gasteiger partial charge on any atom is 0.274 e. The van der Waals surface area contributed by atoms with E-state index in [4.69, 9.17) is 10.5 Å². The van der Waals surface area contributed by atoms with Gasteiger partial charge in [-0.15, -0.1) is 23.7 Å². The zero-order valence-electron chi connectivity index (χ0n) is 21.1. The minimum atomic E-state index is -0.396. The van der Waals surface area contributed by atoms with Crippen LogP contribution in [-0.2, 0) is 0 Å². The van der Waals surface area contributed by atoms with Gasteiger partial charge in [0.05, 0.1) is 41.3 Å². The van der Waals surface area contributed by atoms with E-state index in [1.807, 2.05) is 18.2 Å². The SMILES string of the molecule is COc1cccc(F)c1-c1ccc2ccc(C(=O)Nc3cnc4scnc4c3N3CCC[C@H](N)C3)nc2c1.Cl. The summed E-state index contributed by atoms with van der Waals surface area (Å²) in [6.07, 6.45) is 3.59. The van der Waals surface area contributed by atoms with Gasteiger partial charge in [0, 0.05) is 24.5 Å². The summed E-state index contributed by atoms with van der Waals surface area (Å²) in [6.45, 7) is 1.50. The molecule has 200 valence electrons. The van der Waals surface area contributed by atoms with Crippen molar-refractivity contribution in [1.29, 1.82) is 0 Å². The Hall–Kier alpha value is -3.86. The van der Waals surface area contributed by atoms with Crippen LogP contribution >= 0.6 is 23.7 Å². The number of hydrogen-bond acceptors (Lipinski definition) is 8. The number of nitrogens with one attached hydrogen (secondary N) is 1. The second-order valence-electron chi connectivity index (χ2n) is 9.25. The third kappa shape index (κ3) is 5.10. The number of piperidine rings is 1. The lowest BCUT2D eigenvalue weighted by molar-refractivity contribution is 0.102. The average molecular weight is 565 g/mol. The number of hydrogen-bond donors (Lipinski definition) is 2. The normalized spacial score (nSPS) is 15.3. The van der Waals surface area contributed by atoms with Crippen molar-refractivity contribution < 1.29 is 13.9 Å². The molecule has 8 nitrogen and oxygen atoms in total. The highest BCUT2D eigenvalue weighted by Crippen LogP contribution is 2.36. The first-order chi connectivity index (χ1) is 18.5. The monoisotopic (exact) mass is 564 g/mol. The summed E-state index contributed by atoms with van der Waals surface area (Å²) in [6, 6.07) is 13.7. The zero-order chi connectivity index (χ0) is 26.2. The van der Waals surface area contributed by atoms with Gasteiger partial charge in [-0.1, -0.05) is 24.3 Å². The lowest BCUT2D eigenvalue weighted by atomic mass is 10.0. The lowest BCUT2D eigenvalue weighted by Gasteiger charge is -2.33. The summed E-state index contributed by atoms with van der Waals surface area (Å²) in [7, 11) is 1.50. The first-order valence-corrected chi connectivity index (χ1v) is 13.2. The third-order valence-electron chi connectivity index (χ3n) is 6.77. The topological polar surface area (TPSA) is 106 Å². The van der Waals surface area contributed by atoms with Gasteiger partial charge in [-0.05, 0) is 42.7 Å². The first kappa shape index (κ1) is 26.7. The maximum atomic E-state index is 14.7. The van der Waals surface area contributed by atoms with Crippen LogP contribution in [0.15, 0.2) is 60.2 Å². The number of pyridine rings is 2. The molecule has 6 rings (SSSR count). The van der Waals surface area contributed by atoms with Crippen molar-refractivity contribution >= 4 is 62.3 Å². The number of aromatic nitrogens is 3. The van der Waals surface area contributed by atoms with Crippen LogP contribution in [0.3, 0.4) is 0 Å². The predicted octanol–water partition coefficient (Wildman–Crippen LogP) is 5.66. The fraction of sp³-hybridized carbons (Fsp3) is 0.214. The second kappa shape index (κ2) is 11.1. The predicted molar refractivity (Wildman–Crippen MR) is 156 cm³/mol. The van der Waals surface area contributed by atoms with Crippen LogP contribution in [0.25, 0.3) is 32.4 Å². The van der Waals surface area contributed by atoms with Gasteiger partial charge in [0.25, 0.3) is 5.91 Å². The fourth-order valence-corrected chi connectivity index (χ4v) is 5.60. The van der Waals surface area contributed by atoms with Crippen molar-refractivity contribution in [3.8, 4) is 16.9 Å². The Morgan fingerprint density at radius 2 is 2.05 bits per heavy atom. The van der Waals surface area contributed by atoms with Crippen molar-refractivity contribution in [1.82, 2.24) is 15.0 Å². The molecule has 5 aromatic rings. The fourth-order valence-electron chi connectivity index (χ4n) is 4.97. The molecule has 1 aliphatic rings. The van der Waals surface area contributed by atoms with Crippen LogP contribution in [0, 0.1) is 5.82 Å². The van der Waals surface area contributed by atoms with E-state index in [0.29, 0.717) is 34.6 Å². The minimum absolute atomic E-state index is 0. The minimum Gasteiger partial charge on any atom is -0.496 e. The van der Waals surface area contributed by atoms with E-state index in [2.05, 4.69) is 25.2 Å². The van der Waals surface area contributed by atoms with Gasteiger partial charge < -0.3 is 20.7 Å². The summed E-state index contributed by atoms with van der Waals surface area (Å²) in [5, 5.41) is 3.83. The Bertz CT molecular complexity index is 1680. The second-order valence-corrected chi connectivity index (χ2v) is 10.1. The largest absolute Gasteiger partial charge is 0.496 e. The van der Waals surface area contributed by atoms with Crippen molar-refractivity contribution in [2.45, 2.75) is 18.9 Å². The van der Waals surface area contributed by atoms with E-state index in [0.717, 1.165) is 40.8 Å². The molecule has 0 spiro atoms. The zero-order valence-corrected chi connectivity index (χ0v) is 22.7. The molecule has 1 amide bonds. The number of methoxy groups -OCH3 is 1. The third-order valence-corrected chi connectivity index (χ3v) is 7.50. The van der Waals surface area contributed by atoms with Gasteiger partial charge in [-0.25, -0.2) is 19.3 Å². The Kier molecular flexibility index (Phi) is 7.60. The number of thiazole rings is 1. The number of amides is 1. The molecule has 3 aromatic heterocycles. The van der Waals surface area contributed by atoms with E-state index >= 15 is 0 Å². The van der Waals surface area contributed by atoms with E-state index < -0.39 is 5.82 Å². The Morgan fingerprint density at radius 3 is 2.87 bits per heavy atom. The van der Waals surface area contributed by atoms with Crippen molar-refractivity contribution in [2.24, 2.45) is 5.73 Å². The van der Waals surface area contributed by atoms with Crippen molar-refractivity contribution in [3.05, 3.63) is 71.7 Å². The number of rotatable bonds is 5. The standard InChI is InChI=1S/C28H25FN6O2S.ClH/c1-37-23-6-2-5-19(29)24(23)17-8-7-16-9-10-20(33-21(16)12-17)27(36)34-22-13-31-28-25(32-15-38-28)26(22)35-11-3-4-18(30)14-35;/h2,5-10,12-13,15,18H,3-4,11,14,30H2,1H3,(H,34,36);1H/t18-;/m0./s1. The summed E-state index contributed by atoms with van der Waals surface area (Å²) in [5.74, 6) is -0.347. The van der Waals surface area contributed by atoms with E-state index in [9.17, 15) is 9.18 Å². The summed E-state index contributed by atoms with van der Waals surface area (Å²) in [4.78, 5) is 30.0. The van der Waals surface area contributed by atoms with Crippen molar-refractivity contribution in [2.75, 3.05) is 30.4 Å². The molecule has 11 heteroatoms. The molecule has 2 aromatic carbocycles. The van der Waals surface area contributed by atoms with E-state index in [1.165, 1.54) is 24.5 Å². The molecule has 0 bridgehead atoms. The number of benzene rings is 2. The van der Waals surface area contributed by atoms with Gasteiger partial charge in [0.2, 0.25) is 0 Å². The number of ether oxygens (including phenoxy) is 1. The van der Waals surface area contributed by atoms with Gasteiger partial charge >= 0.3 is 0 Å². The lowest BCUT2D eigenvalue weighted by Crippen LogP contribution is -2.43. The number of carbonyl (C=O) groups excluding carboxylic acids is 1. The van der Waals surface area contributed by atoms with E-state index in [-0.39, 0.29) is 30.0 Å². The number of nitrogens with zero attached hydrogens (tertiary/aromatic N) is 4. The molecular formula is C28H26ClFN6O2S. The molecule has 0 unspecified atom stereocenters. The van der Waals surface area contributed by atoms with Crippen LogP contribution in [0.5, 0.6) is 5.75 Å². The molecule has 39 heavy (non-hydrogen) atoms. The summed E-state index contributed by atoms with van der Waals surface area (Å²) in [5.41, 5.74) is 11.9. The van der Waals surface area contributed by atoms with Crippen molar-refractivity contribution in [3.63, 3.8) is 0 Å². The van der Waals surface area contributed by atoms with Gasteiger partial charge in [0.1, 0.15) is 27.6 Å². The molecule has 1 saturated heterocycles. The molecule has 4 heterocycles. The highest BCUT2D eigenvalue weighted by Gasteiger charge is 2.24. The number of carbonyl (C=O) groups is 1. The summed E-state index contributed by atoms with van der Waals surface area (Å²) < 4.78 is 20.1. The Balaban J connectivity index is 0.00000308. The Labute approximate surface area is 234 Å². The van der Waals surface area contributed by atoms with Crippen LogP contribution in [-0.4, -0.2) is 47.1 Å². The van der Waals surface area contributed by atoms with Crippen LogP contribution in [0.1, 0.15) is 23.3 Å². The molecule has 3 N–H and O–H groups in total. The molecule has 0 aliphatic carbocycles. The molecular weight excluding hydrogens is 539 g/mol. The molecule has 1 fully saturated rings. The van der Waals surface area contributed by atoms with Gasteiger partial charge in [-0.2, -0.15) is 0 Å². The smallest absolute Gasteiger partial charge is 0.274 e. The van der Waals surface area contributed by atoms with Crippen LogP contribution in [0.4, 0.5) is 15.8 Å². The molecule has 0 radical (unpaired) electrons. The maximum absolute atomic E-state index is 14.7. The van der Waals surface area contributed by atoms with Gasteiger partial charge in [-0.3, -0.25) is 4.79 Å². The Morgan fingerprint density at radius 1 is 1.21 bits per heavy atom. The number of fused-ring (bicyclic) bond motifs is 2. The number of halogens is 2. The molecule has 0 saturated carbocycles. The highest BCUT2D eigenvalue weighted by molar-refractivity contribution is 7.16. The number of anilines is 2. The van der Waals surface area contributed by atoms with E-state index in [1.54, 1.807) is 36.0 Å². The van der Waals surface area contributed by atoms with Crippen LogP contribution < -0.4 is 20.7 Å². The average Bonchev–Trinajstić information content (AvgIpc) is 3.41. The molecule has 1 aliphatic heterocycles. The highest BCUT2D eigenvalue weighted by atomic mass is 35.5. The number of nitrogens with two attached hydrogens (primary N) is 1. The quantitative estimate of drug-likeness (QED) is 0.284. The summed E-state index contributed by atoms with van der Waals surface area (Å²) >= 11 is 1.45. The van der Waals surface area contributed by atoms with Gasteiger partial charge in [0.15, 0.2) is 0 Å². The van der Waals surface area contributed by atoms with Crippen LogP contribution in [0.2, 0.25) is 0 Å². The first-order valence-electron chi connectivity index (χ1n) is 12.3.